The van der Waals surface area contributed by atoms with Crippen molar-refractivity contribution in [2.45, 2.75) is 16.5 Å². The molecule has 0 saturated heterocycles. The molecule has 0 radical (unpaired) electrons. The Hall–Kier alpha value is -0.440. The molecule has 0 saturated carbocycles. The number of hydrogen-bond donors (Lipinski definition) is 0. The minimum Gasteiger partial charge on any atom is -0.122 e. The molecule has 0 spiro atoms. The van der Waals surface area contributed by atoms with Crippen LogP contribution in [0.4, 0.5) is 0 Å². The first-order chi connectivity index (χ1) is 8.29. The Morgan fingerprint density at radius 1 is 1.00 bits per heavy atom. The molecular formula is C14H12BrClS. The molecule has 0 aliphatic heterocycles. The maximum atomic E-state index is 5.76. The number of halogens is 2. The van der Waals surface area contributed by atoms with Crippen molar-refractivity contribution in [3.05, 3.63) is 64.1 Å². The first kappa shape index (κ1) is 13.0. The normalized spacial score (nSPS) is 10.5. The van der Waals surface area contributed by atoms with Crippen LogP contribution in [0.15, 0.2) is 57.9 Å². The molecule has 0 aliphatic carbocycles. The molecule has 0 nitrogen and oxygen atoms in total. The standard InChI is InChI=1S/C14H12BrClS/c15-14-4-2-1-3-12(14)10-17-13-7-5-11(9-16)6-8-13/h1-8H,9-10H2. The Morgan fingerprint density at radius 2 is 1.71 bits per heavy atom. The van der Waals surface area contributed by atoms with Gasteiger partial charge < -0.3 is 0 Å². The summed E-state index contributed by atoms with van der Waals surface area (Å²) in [5.74, 6) is 1.55. The van der Waals surface area contributed by atoms with Crippen molar-refractivity contribution in [1.82, 2.24) is 0 Å². The molecule has 2 aromatic carbocycles. The molecule has 0 aromatic heterocycles. The highest BCUT2D eigenvalue weighted by Gasteiger charge is 2.00. The second-order valence-electron chi connectivity index (χ2n) is 3.66. The lowest BCUT2D eigenvalue weighted by molar-refractivity contribution is 1.32. The van der Waals surface area contributed by atoms with E-state index in [9.17, 15) is 0 Å². The van der Waals surface area contributed by atoms with Crippen LogP contribution in [0, 0.1) is 0 Å². The van der Waals surface area contributed by atoms with E-state index in [1.54, 1.807) is 0 Å². The van der Waals surface area contributed by atoms with Crippen LogP contribution < -0.4 is 0 Å². The maximum Gasteiger partial charge on any atom is 0.0474 e. The third-order valence-electron chi connectivity index (χ3n) is 2.43. The van der Waals surface area contributed by atoms with Crippen molar-refractivity contribution in [3.63, 3.8) is 0 Å². The van der Waals surface area contributed by atoms with E-state index in [-0.39, 0.29) is 0 Å². The van der Waals surface area contributed by atoms with E-state index in [2.05, 4.69) is 58.4 Å². The first-order valence-electron chi connectivity index (χ1n) is 5.30. The van der Waals surface area contributed by atoms with Crippen LogP contribution >= 0.6 is 39.3 Å². The van der Waals surface area contributed by atoms with E-state index in [1.165, 1.54) is 14.9 Å². The van der Waals surface area contributed by atoms with Crippen molar-refractivity contribution < 1.29 is 0 Å². The van der Waals surface area contributed by atoms with Gasteiger partial charge in [0.1, 0.15) is 0 Å². The minimum atomic E-state index is 0.579. The van der Waals surface area contributed by atoms with Gasteiger partial charge in [0.15, 0.2) is 0 Å². The van der Waals surface area contributed by atoms with Gasteiger partial charge in [-0.2, -0.15) is 0 Å². The predicted molar refractivity (Wildman–Crippen MR) is 79.7 cm³/mol. The zero-order valence-corrected chi connectivity index (χ0v) is 12.4. The highest BCUT2D eigenvalue weighted by atomic mass is 79.9. The molecular weight excluding hydrogens is 316 g/mol. The zero-order valence-electron chi connectivity index (χ0n) is 9.20. The summed E-state index contributed by atoms with van der Waals surface area (Å²) in [6.45, 7) is 0. The van der Waals surface area contributed by atoms with Gasteiger partial charge in [-0.05, 0) is 29.3 Å². The van der Waals surface area contributed by atoms with E-state index < -0.39 is 0 Å². The first-order valence-corrected chi connectivity index (χ1v) is 7.62. The lowest BCUT2D eigenvalue weighted by atomic mass is 10.2. The van der Waals surface area contributed by atoms with Crippen molar-refractivity contribution in [1.29, 1.82) is 0 Å². The van der Waals surface area contributed by atoms with Gasteiger partial charge in [-0.1, -0.05) is 46.3 Å². The highest BCUT2D eigenvalue weighted by Crippen LogP contribution is 2.27. The summed E-state index contributed by atoms with van der Waals surface area (Å²) in [4.78, 5) is 1.27. The number of benzene rings is 2. The van der Waals surface area contributed by atoms with Gasteiger partial charge in [-0.15, -0.1) is 23.4 Å². The fourth-order valence-corrected chi connectivity index (χ4v) is 3.14. The molecule has 0 N–H and O–H groups in total. The van der Waals surface area contributed by atoms with Gasteiger partial charge in [0.25, 0.3) is 0 Å². The number of alkyl halides is 1. The minimum absolute atomic E-state index is 0.579. The summed E-state index contributed by atoms with van der Waals surface area (Å²) >= 11 is 11.2. The molecule has 3 heteroatoms. The molecule has 0 atom stereocenters. The Balaban J connectivity index is 2.00. The largest absolute Gasteiger partial charge is 0.122 e. The van der Waals surface area contributed by atoms with Crippen LogP contribution in [0.5, 0.6) is 0 Å². The summed E-state index contributed by atoms with van der Waals surface area (Å²) in [5.41, 5.74) is 2.48. The molecule has 0 fully saturated rings. The predicted octanol–water partition coefficient (Wildman–Crippen LogP) is 5.48. The molecule has 88 valence electrons. The smallest absolute Gasteiger partial charge is 0.0474 e. The van der Waals surface area contributed by atoms with Crippen LogP contribution in [0.2, 0.25) is 0 Å². The summed E-state index contributed by atoms with van der Waals surface area (Å²) in [5, 5.41) is 0. The van der Waals surface area contributed by atoms with Crippen molar-refractivity contribution in [2.24, 2.45) is 0 Å². The van der Waals surface area contributed by atoms with Crippen LogP contribution in [0.3, 0.4) is 0 Å². The van der Waals surface area contributed by atoms with Gasteiger partial charge in [0, 0.05) is 21.0 Å². The molecule has 0 bridgehead atoms. The fourth-order valence-electron chi connectivity index (χ4n) is 1.45. The highest BCUT2D eigenvalue weighted by molar-refractivity contribution is 9.10. The summed E-state index contributed by atoms with van der Waals surface area (Å²) in [7, 11) is 0. The van der Waals surface area contributed by atoms with E-state index in [1.807, 2.05) is 17.8 Å². The Kier molecular flexibility index (Phi) is 4.96. The Morgan fingerprint density at radius 3 is 2.35 bits per heavy atom. The van der Waals surface area contributed by atoms with Crippen LogP contribution in [-0.2, 0) is 11.6 Å². The van der Waals surface area contributed by atoms with Gasteiger partial charge in [0.2, 0.25) is 0 Å². The summed E-state index contributed by atoms with van der Waals surface area (Å²) in [6.07, 6.45) is 0. The topological polar surface area (TPSA) is 0 Å². The van der Waals surface area contributed by atoms with Gasteiger partial charge >= 0.3 is 0 Å². The average molecular weight is 328 g/mol. The van der Waals surface area contributed by atoms with E-state index in [0.717, 1.165) is 11.3 Å². The van der Waals surface area contributed by atoms with Crippen molar-refractivity contribution in [3.8, 4) is 0 Å². The maximum absolute atomic E-state index is 5.76. The lowest BCUT2D eigenvalue weighted by Gasteiger charge is -2.04. The average Bonchev–Trinajstić information content (AvgIpc) is 2.38. The van der Waals surface area contributed by atoms with Gasteiger partial charge in [-0.3, -0.25) is 0 Å². The van der Waals surface area contributed by atoms with Crippen LogP contribution in [-0.4, -0.2) is 0 Å². The van der Waals surface area contributed by atoms with E-state index in [4.69, 9.17) is 11.6 Å². The Bertz CT molecular complexity index is 482. The number of thioether (sulfide) groups is 1. The molecule has 2 rings (SSSR count). The quantitative estimate of drug-likeness (QED) is 0.529. The molecule has 0 unspecified atom stereocenters. The second-order valence-corrected chi connectivity index (χ2v) is 5.83. The lowest BCUT2D eigenvalue weighted by Crippen LogP contribution is -1.83. The SMILES string of the molecule is ClCc1ccc(SCc2ccccc2Br)cc1. The van der Waals surface area contributed by atoms with Crippen molar-refractivity contribution in [2.75, 3.05) is 0 Å². The summed E-state index contributed by atoms with van der Waals surface area (Å²) < 4.78 is 1.17. The van der Waals surface area contributed by atoms with Gasteiger partial charge in [0.05, 0.1) is 0 Å². The van der Waals surface area contributed by atoms with Gasteiger partial charge in [-0.25, -0.2) is 0 Å². The number of hydrogen-bond acceptors (Lipinski definition) is 1. The monoisotopic (exact) mass is 326 g/mol. The molecule has 0 heterocycles. The Labute approximate surface area is 120 Å². The van der Waals surface area contributed by atoms with Crippen LogP contribution in [0.1, 0.15) is 11.1 Å². The van der Waals surface area contributed by atoms with Crippen LogP contribution in [0.25, 0.3) is 0 Å². The number of rotatable bonds is 4. The molecule has 0 amide bonds. The summed E-state index contributed by atoms with van der Waals surface area (Å²) in [6, 6.07) is 16.7. The molecule has 17 heavy (non-hydrogen) atoms. The third-order valence-corrected chi connectivity index (χ3v) is 4.57. The third kappa shape index (κ3) is 3.77. The zero-order chi connectivity index (χ0) is 12.1. The van der Waals surface area contributed by atoms with Crippen molar-refractivity contribution >= 4 is 39.3 Å². The van der Waals surface area contributed by atoms with E-state index >= 15 is 0 Å². The van der Waals surface area contributed by atoms with E-state index in [0.29, 0.717) is 5.88 Å². The molecule has 2 aromatic rings. The fraction of sp³-hybridized carbons (Fsp3) is 0.143. The molecule has 0 aliphatic rings. The second kappa shape index (κ2) is 6.48.